The summed E-state index contributed by atoms with van der Waals surface area (Å²) in [6.07, 6.45) is 6.36. The van der Waals surface area contributed by atoms with Crippen molar-refractivity contribution in [3.63, 3.8) is 0 Å². The first-order chi connectivity index (χ1) is 23.9. The number of hydrogen-bond acceptors (Lipinski definition) is 7. The molecule has 258 valence electrons. The maximum atomic E-state index is 13.2. The molecule has 3 aliphatic rings. The van der Waals surface area contributed by atoms with Crippen molar-refractivity contribution in [2.75, 3.05) is 23.9 Å². The van der Waals surface area contributed by atoms with E-state index >= 15 is 0 Å². The zero-order valence-electron chi connectivity index (χ0n) is 28.7. The maximum Gasteiger partial charge on any atom is 0.354 e. The molecule has 12 heteroatoms. The predicted octanol–water partition coefficient (Wildman–Crippen LogP) is 7.98. The van der Waals surface area contributed by atoms with Gasteiger partial charge < -0.3 is 20.6 Å². The van der Waals surface area contributed by atoms with Crippen molar-refractivity contribution in [3.05, 3.63) is 75.0 Å². The van der Waals surface area contributed by atoms with Crippen molar-refractivity contribution in [2.24, 2.45) is 7.05 Å². The van der Waals surface area contributed by atoms with Crippen LogP contribution in [0.2, 0.25) is 5.02 Å². The summed E-state index contributed by atoms with van der Waals surface area (Å²) in [5.74, 6) is 0.609. The molecule has 10 nitrogen and oxygen atoms in total. The van der Waals surface area contributed by atoms with Crippen molar-refractivity contribution in [1.29, 1.82) is 0 Å². The van der Waals surface area contributed by atoms with Gasteiger partial charge in [-0.2, -0.15) is 10.2 Å². The smallest absolute Gasteiger partial charge is 0.354 e. The number of ether oxygens (including phenoxy) is 1. The normalized spacial score (nSPS) is 15.9. The number of benzene rings is 2. The number of aryl methyl sites for hydroxylation is 5. The maximum absolute atomic E-state index is 13.2. The Morgan fingerprint density at radius 2 is 1.90 bits per heavy atom. The number of thioether (sulfide) groups is 1. The molecule has 6 heterocycles. The minimum absolute atomic E-state index is 0.208. The van der Waals surface area contributed by atoms with E-state index in [0.29, 0.717) is 31.0 Å². The summed E-state index contributed by atoms with van der Waals surface area (Å²) in [5.41, 5.74) is 13.3. The number of nitrogens with zero attached hydrogens (tertiary/aromatic N) is 5. The third kappa shape index (κ3) is 6.16. The van der Waals surface area contributed by atoms with Crippen molar-refractivity contribution >= 4 is 45.9 Å². The molecule has 3 aromatic heterocycles. The Morgan fingerprint density at radius 3 is 2.73 bits per heavy atom. The van der Waals surface area contributed by atoms with E-state index in [4.69, 9.17) is 26.5 Å². The number of halogens is 1. The number of rotatable bonds is 2. The number of carboxylic acids is 1. The summed E-state index contributed by atoms with van der Waals surface area (Å²) in [4.78, 5) is 14.3. The van der Waals surface area contributed by atoms with Crippen molar-refractivity contribution in [1.82, 2.24) is 24.2 Å². The van der Waals surface area contributed by atoms with Crippen LogP contribution in [-0.4, -0.2) is 48.5 Å². The number of aromatic nitrogens is 5. The van der Waals surface area contributed by atoms with Crippen molar-refractivity contribution in [2.45, 2.75) is 89.5 Å². The highest BCUT2D eigenvalue weighted by atomic mass is 35.5. The molecule has 3 aliphatic heterocycles. The topological polar surface area (TPSA) is 111 Å². The Hall–Kier alpha value is -4.09. The Balaban J connectivity index is 0.00000186. The fraction of sp³-hybridized carbons (Fsp3) is 0.432. The van der Waals surface area contributed by atoms with E-state index in [1.807, 2.05) is 44.6 Å². The van der Waals surface area contributed by atoms with Crippen molar-refractivity contribution < 1.29 is 14.6 Å². The van der Waals surface area contributed by atoms with Gasteiger partial charge in [0.15, 0.2) is 5.69 Å². The molecular weight excluding hydrogens is 658 g/mol. The third-order valence-electron chi connectivity index (χ3n) is 9.65. The summed E-state index contributed by atoms with van der Waals surface area (Å²) < 4.78 is 12.2. The number of hydrogen-bond donors (Lipinski definition) is 3. The molecule has 0 radical (unpaired) electrons. The monoisotopic (exact) mass is 701 g/mol. The van der Waals surface area contributed by atoms with Crippen LogP contribution in [0, 0.1) is 6.92 Å². The standard InChI is InChI=1S/C35H38ClN7O3S.C2H6/c1-20-30(28-9-3-4-13-42(28)39-20)31-27(36)11-10-26-25-8-6-14-46-29-17-24(15-21-7-5-12-37-32(21)29)47-19-23-16-22(40-41(23)2)18-38-43(33(26)31)34(25)35(44)45;1-2/h10-11,15-17,37-38H,3-9,12-14,18-19H2,1-2H3,(H,44,45);1-2H3. The van der Waals surface area contributed by atoms with Gasteiger partial charge in [-0.25, -0.2) is 4.79 Å². The molecule has 8 rings (SSSR count). The largest absolute Gasteiger partial charge is 0.491 e. The molecule has 0 saturated heterocycles. The Bertz CT molecular complexity index is 2050. The number of carboxylic acid groups (broad SMARTS) is 1. The molecule has 0 atom stereocenters. The van der Waals surface area contributed by atoms with Gasteiger partial charge in [-0.1, -0.05) is 31.5 Å². The molecule has 49 heavy (non-hydrogen) atoms. The van der Waals surface area contributed by atoms with Gasteiger partial charge in [0.05, 0.1) is 40.8 Å². The van der Waals surface area contributed by atoms with Crippen LogP contribution in [0.5, 0.6) is 5.75 Å². The summed E-state index contributed by atoms with van der Waals surface area (Å²) >= 11 is 8.85. The van der Waals surface area contributed by atoms with Gasteiger partial charge in [0.2, 0.25) is 0 Å². The minimum Gasteiger partial charge on any atom is -0.491 e. The first-order valence-corrected chi connectivity index (χ1v) is 18.8. The Morgan fingerprint density at radius 1 is 1.04 bits per heavy atom. The van der Waals surface area contributed by atoms with E-state index in [1.54, 1.807) is 16.4 Å². The number of nitrogens with one attached hydrogen (secondary N) is 2. The first kappa shape index (κ1) is 33.4. The molecule has 0 unspecified atom stereocenters. The van der Waals surface area contributed by atoms with Gasteiger partial charge >= 0.3 is 5.97 Å². The predicted molar refractivity (Wildman–Crippen MR) is 197 cm³/mol. The first-order valence-electron chi connectivity index (χ1n) is 17.4. The van der Waals surface area contributed by atoms with Gasteiger partial charge in [-0.15, -0.1) is 11.8 Å². The molecule has 0 fully saturated rings. The van der Waals surface area contributed by atoms with Crippen LogP contribution in [0.1, 0.15) is 83.9 Å². The van der Waals surface area contributed by atoms with Gasteiger partial charge in [0.1, 0.15) is 5.75 Å². The van der Waals surface area contributed by atoms with E-state index in [-0.39, 0.29) is 5.69 Å². The average Bonchev–Trinajstić information content (AvgIpc) is 3.74. The van der Waals surface area contributed by atoms with Crippen LogP contribution in [-0.2, 0) is 45.2 Å². The summed E-state index contributed by atoms with van der Waals surface area (Å²) in [6, 6.07) is 10.4. The Labute approximate surface area is 296 Å². The fourth-order valence-electron chi connectivity index (χ4n) is 7.51. The molecule has 0 spiro atoms. The third-order valence-corrected chi connectivity index (χ3v) is 11.0. The molecular formula is C37H44ClN7O3S. The lowest BCUT2D eigenvalue weighted by molar-refractivity contribution is 0.0685. The highest BCUT2D eigenvalue weighted by Gasteiger charge is 2.30. The highest BCUT2D eigenvalue weighted by Crippen LogP contribution is 2.43. The second-order valence-electron chi connectivity index (χ2n) is 12.7. The lowest BCUT2D eigenvalue weighted by Gasteiger charge is -2.22. The van der Waals surface area contributed by atoms with E-state index in [0.717, 1.165) is 113 Å². The van der Waals surface area contributed by atoms with Crippen LogP contribution in [0.4, 0.5) is 5.69 Å². The van der Waals surface area contributed by atoms with Crippen LogP contribution in [0.25, 0.3) is 22.0 Å². The van der Waals surface area contributed by atoms with Crippen LogP contribution >= 0.6 is 23.4 Å². The van der Waals surface area contributed by atoms with E-state index in [2.05, 4.69) is 33.6 Å². The summed E-state index contributed by atoms with van der Waals surface area (Å²) in [7, 11) is 1.96. The summed E-state index contributed by atoms with van der Waals surface area (Å²) in [5, 5.41) is 25.5. The molecule has 0 aliphatic carbocycles. The molecule has 0 amide bonds. The number of aromatic carboxylic acids is 1. The van der Waals surface area contributed by atoms with Crippen LogP contribution in [0.3, 0.4) is 0 Å². The molecule has 0 saturated carbocycles. The SMILES string of the molecule is CC.Cc1nn2c(c1-c1c(Cl)ccc3c4c(C(=O)O)n(c13)NCc1cc(n(C)n1)CSc1cc3c(c(c1)OCCC4)NCCC3)CCCC2. The van der Waals surface area contributed by atoms with Gasteiger partial charge in [-0.3, -0.25) is 14.0 Å². The summed E-state index contributed by atoms with van der Waals surface area (Å²) in [6.45, 7) is 8.62. The molecule has 6 bridgehead atoms. The second-order valence-corrected chi connectivity index (χ2v) is 14.1. The second kappa shape index (κ2) is 14.0. The van der Waals surface area contributed by atoms with Gasteiger partial charge in [0.25, 0.3) is 0 Å². The fourth-order valence-corrected chi connectivity index (χ4v) is 8.76. The Kier molecular flexibility index (Phi) is 9.57. The van der Waals surface area contributed by atoms with Gasteiger partial charge in [0, 0.05) is 58.7 Å². The highest BCUT2D eigenvalue weighted by molar-refractivity contribution is 7.98. The molecule has 3 N–H and O–H groups in total. The van der Waals surface area contributed by atoms with E-state index in [9.17, 15) is 9.90 Å². The quantitative estimate of drug-likeness (QED) is 0.170. The zero-order valence-corrected chi connectivity index (χ0v) is 30.2. The van der Waals surface area contributed by atoms with E-state index in [1.165, 1.54) is 10.5 Å². The van der Waals surface area contributed by atoms with Crippen LogP contribution in [0.15, 0.2) is 35.2 Å². The lowest BCUT2D eigenvalue weighted by Crippen LogP contribution is -2.21. The van der Waals surface area contributed by atoms with Gasteiger partial charge in [-0.05, 0) is 87.3 Å². The molecule has 2 aromatic carbocycles. The zero-order chi connectivity index (χ0) is 34.2. The van der Waals surface area contributed by atoms with Crippen LogP contribution < -0.4 is 15.5 Å². The van der Waals surface area contributed by atoms with E-state index < -0.39 is 5.97 Å². The average molecular weight is 702 g/mol. The number of carbonyl (C=O) groups is 1. The van der Waals surface area contributed by atoms with Crippen molar-refractivity contribution in [3.8, 4) is 16.9 Å². The lowest BCUT2D eigenvalue weighted by atomic mass is 9.95. The molecule has 5 aromatic rings. The minimum atomic E-state index is -0.998. The number of fused-ring (bicyclic) bond motifs is 12. The number of anilines is 1.